The number of hydrogen-bond acceptors (Lipinski definition) is 2. The smallest absolute Gasteiger partial charge is 0.192 e. The third-order valence-corrected chi connectivity index (χ3v) is 4.00. The lowest BCUT2D eigenvalue weighted by atomic mass is 10.0. The molecule has 0 bridgehead atoms. The average molecular weight is 277 g/mol. The molecule has 1 fully saturated rings. The van der Waals surface area contributed by atoms with Gasteiger partial charge in [-0.15, -0.1) is 0 Å². The highest BCUT2D eigenvalue weighted by molar-refractivity contribution is 5.78. The lowest BCUT2D eigenvalue weighted by Crippen LogP contribution is -2.43. The number of benzene rings is 1. The predicted octanol–water partition coefficient (Wildman–Crippen LogP) is 2.31. The van der Waals surface area contributed by atoms with Crippen molar-refractivity contribution in [2.75, 3.05) is 19.7 Å². The Labute approximate surface area is 118 Å². The van der Waals surface area contributed by atoms with Crippen molar-refractivity contribution < 1.29 is 9.13 Å². The molecule has 2 aliphatic heterocycles. The van der Waals surface area contributed by atoms with E-state index in [9.17, 15) is 4.39 Å². The minimum Gasteiger partial charge on any atom is -0.491 e. The second-order valence-corrected chi connectivity index (χ2v) is 5.69. The zero-order chi connectivity index (χ0) is 14.1. The molecule has 0 amide bonds. The highest BCUT2D eigenvalue weighted by atomic mass is 19.1. The van der Waals surface area contributed by atoms with Crippen molar-refractivity contribution in [2.24, 2.45) is 16.6 Å². The van der Waals surface area contributed by atoms with Gasteiger partial charge in [0.1, 0.15) is 24.2 Å². The fourth-order valence-corrected chi connectivity index (χ4v) is 2.92. The zero-order valence-corrected chi connectivity index (χ0v) is 11.7. The van der Waals surface area contributed by atoms with E-state index in [1.165, 1.54) is 18.6 Å². The summed E-state index contributed by atoms with van der Waals surface area (Å²) in [6.07, 6.45) is 2.38. The van der Waals surface area contributed by atoms with Crippen LogP contribution in [0.15, 0.2) is 23.2 Å². The highest BCUT2D eigenvalue weighted by Crippen LogP contribution is 2.35. The van der Waals surface area contributed by atoms with Gasteiger partial charge in [0.15, 0.2) is 5.96 Å². The molecule has 2 unspecified atom stereocenters. The lowest BCUT2D eigenvalue weighted by Gasteiger charge is -2.32. The molecule has 1 aromatic rings. The molecular formula is C15H20FN3O. The Morgan fingerprint density at radius 1 is 1.50 bits per heavy atom. The third-order valence-electron chi connectivity index (χ3n) is 4.00. The lowest BCUT2D eigenvalue weighted by molar-refractivity contribution is 0.268. The Balaban J connectivity index is 1.78. The number of piperidine rings is 1. The van der Waals surface area contributed by atoms with Crippen molar-refractivity contribution >= 4 is 5.96 Å². The second-order valence-electron chi connectivity index (χ2n) is 5.69. The Bertz CT molecular complexity index is 532. The molecule has 5 heteroatoms. The van der Waals surface area contributed by atoms with E-state index in [0.29, 0.717) is 24.2 Å². The summed E-state index contributed by atoms with van der Waals surface area (Å²) >= 11 is 0. The van der Waals surface area contributed by atoms with Gasteiger partial charge in [-0.3, -0.25) is 0 Å². The first kappa shape index (κ1) is 13.2. The Hall–Kier alpha value is -1.78. The molecular weight excluding hydrogens is 257 g/mol. The normalized spacial score (nSPS) is 26.3. The zero-order valence-electron chi connectivity index (χ0n) is 11.7. The van der Waals surface area contributed by atoms with E-state index in [1.807, 2.05) is 0 Å². The van der Waals surface area contributed by atoms with Gasteiger partial charge in [-0.1, -0.05) is 6.92 Å². The summed E-state index contributed by atoms with van der Waals surface area (Å²) in [6, 6.07) is 4.35. The van der Waals surface area contributed by atoms with Crippen molar-refractivity contribution in [1.82, 2.24) is 4.90 Å². The standard InChI is InChI=1S/C15H20FN3O/c1-10-3-2-6-19(8-10)15(17)18-13-9-20-14-5-4-11(16)7-12(13)14/h4-5,7,10,13H,2-3,6,8-9H2,1H3,(H2,17,18). The molecule has 2 N–H and O–H groups in total. The SMILES string of the molecule is CC1CCCN(C(N)=NC2COc3ccc(F)cc32)C1. The number of guanidine groups is 1. The molecule has 4 nitrogen and oxygen atoms in total. The summed E-state index contributed by atoms with van der Waals surface area (Å²) in [6.45, 7) is 4.55. The number of aliphatic imine (C=N–C) groups is 1. The number of nitrogens with two attached hydrogens (primary N) is 1. The topological polar surface area (TPSA) is 50.8 Å². The van der Waals surface area contributed by atoms with Crippen LogP contribution >= 0.6 is 0 Å². The first-order chi connectivity index (χ1) is 9.63. The first-order valence-corrected chi connectivity index (χ1v) is 7.14. The van der Waals surface area contributed by atoms with Gasteiger partial charge < -0.3 is 15.4 Å². The van der Waals surface area contributed by atoms with Crippen LogP contribution in [0.3, 0.4) is 0 Å². The molecule has 2 heterocycles. The summed E-state index contributed by atoms with van der Waals surface area (Å²) in [5, 5.41) is 0. The molecule has 1 saturated heterocycles. The van der Waals surface area contributed by atoms with E-state index in [-0.39, 0.29) is 11.9 Å². The molecule has 1 aromatic carbocycles. The fraction of sp³-hybridized carbons (Fsp3) is 0.533. The largest absolute Gasteiger partial charge is 0.491 e. The Kier molecular flexibility index (Phi) is 3.51. The molecule has 0 spiro atoms. The highest BCUT2D eigenvalue weighted by Gasteiger charge is 2.26. The Morgan fingerprint density at radius 2 is 2.35 bits per heavy atom. The van der Waals surface area contributed by atoms with E-state index in [1.54, 1.807) is 6.07 Å². The minimum absolute atomic E-state index is 0.196. The van der Waals surface area contributed by atoms with Gasteiger partial charge in [0.25, 0.3) is 0 Å². The van der Waals surface area contributed by atoms with E-state index >= 15 is 0 Å². The van der Waals surface area contributed by atoms with Crippen molar-refractivity contribution in [3.63, 3.8) is 0 Å². The number of rotatable bonds is 1. The molecule has 3 rings (SSSR count). The number of ether oxygens (including phenoxy) is 1. The summed E-state index contributed by atoms with van der Waals surface area (Å²) in [4.78, 5) is 6.66. The number of fused-ring (bicyclic) bond motifs is 1. The van der Waals surface area contributed by atoms with Crippen LogP contribution in [0.4, 0.5) is 4.39 Å². The monoisotopic (exact) mass is 277 g/mol. The van der Waals surface area contributed by atoms with Crippen LogP contribution in [0.5, 0.6) is 5.75 Å². The predicted molar refractivity (Wildman–Crippen MR) is 76.2 cm³/mol. The third kappa shape index (κ3) is 2.57. The molecule has 0 aromatic heterocycles. The maximum absolute atomic E-state index is 13.3. The molecule has 108 valence electrons. The van der Waals surface area contributed by atoms with Gasteiger partial charge in [-0.05, 0) is 37.0 Å². The average Bonchev–Trinajstić information content (AvgIpc) is 2.81. The number of halogens is 1. The van der Waals surface area contributed by atoms with Crippen LogP contribution in [0.1, 0.15) is 31.4 Å². The van der Waals surface area contributed by atoms with Crippen molar-refractivity contribution in [3.8, 4) is 5.75 Å². The van der Waals surface area contributed by atoms with Crippen molar-refractivity contribution in [3.05, 3.63) is 29.6 Å². The van der Waals surface area contributed by atoms with Crippen LogP contribution in [0, 0.1) is 11.7 Å². The van der Waals surface area contributed by atoms with Gasteiger partial charge in [0, 0.05) is 18.7 Å². The second kappa shape index (κ2) is 5.31. The van der Waals surface area contributed by atoms with Crippen molar-refractivity contribution in [1.29, 1.82) is 0 Å². The molecule has 20 heavy (non-hydrogen) atoms. The van der Waals surface area contributed by atoms with E-state index < -0.39 is 0 Å². The molecule has 0 saturated carbocycles. The van der Waals surface area contributed by atoms with Gasteiger partial charge in [0.05, 0.1) is 0 Å². The fourth-order valence-electron chi connectivity index (χ4n) is 2.92. The quantitative estimate of drug-likeness (QED) is 0.633. The molecule has 2 aliphatic rings. The summed E-state index contributed by atoms with van der Waals surface area (Å²) < 4.78 is 18.9. The molecule has 0 radical (unpaired) electrons. The van der Waals surface area contributed by atoms with Crippen LogP contribution in [0.2, 0.25) is 0 Å². The molecule has 2 atom stereocenters. The minimum atomic E-state index is -0.264. The van der Waals surface area contributed by atoms with Crippen LogP contribution in [-0.4, -0.2) is 30.6 Å². The van der Waals surface area contributed by atoms with Gasteiger partial charge in [-0.25, -0.2) is 9.38 Å². The van der Waals surface area contributed by atoms with E-state index in [4.69, 9.17) is 10.5 Å². The first-order valence-electron chi connectivity index (χ1n) is 7.14. The van der Waals surface area contributed by atoms with Gasteiger partial charge in [-0.2, -0.15) is 0 Å². The number of hydrogen-bond donors (Lipinski definition) is 1. The molecule has 0 aliphatic carbocycles. The summed E-state index contributed by atoms with van der Waals surface area (Å²) in [5.74, 6) is 1.63. The van der Waals surface area contributed by atoms with E-state index in [2.05, 4.69) is 16.8 Å². The Morgan fingerprint density at radius 3 is 3.15 bits per heavy atom. The number of nitrogens with zero attached hydrogens (tertiary/aromatic N) is 2. The van der Waals surface area contributed by atoms with E-state index in [0.717, 1.165) is 25.1 Å². The van der Waals surface area contributed by atoms with Gasteiger partial charge >= 0.3 is 0 Å². The summed E-state index contributed by atoms with van der Waals surface area (Å²) in [5.41, 5.74) is 6.90. The van der Waals surface area contributed by atoms with Crippen LogP contribution in [-0.2, 0) is 0 Å². The van der Waals surface area contributed by atoms with Crippen LogP contribution < -0.4 is 10.5 Å². The maximum atomic E-state index is 13.3. The van der Waals surface area contributed by atoms with Crippen LogP contribution in [0.25, 0.3) is 0 Å². The maximum Gasteiger partial charge on any atom is 0.192 e. The number of likely N-dealkylation sites (tertiary alicyclic amines) is 1. The summed E-state index contributed by atoms with van der Waals surface area (Å²) in [7, 11) is 0. The van der Waals surface area contributed by atoms with Crippen molar-refractivity contribution in [2.45, 2.75) is 25.8 Å². The van der Waals surface area contributed by atoms with Gasteiger partial charge in [0.2, 0.25) is 0 Å².